The van der Waals surface area contributed by atoms with Crippen LogP contribution in [-0.2, 0) is 4.74 Å². The molecule has 1 atom stereocenters. The summed E-state index contributed by atoms with van der Waals surface area (Å²) in [5.74, 6) is 1.40. The summed E-state index contributed by atoms with van der Waals surface area (Å²) < 4.78 is 6.22. The summed E-state index contributed by atoms with van der Waals surface area (Å²) in [6.45, 7) is 1.70. The fourth-order valence-electron chi connectivity index (χ4n) is 3.66. The van der Waals surface area contributed by atoms with Crippen molar-refractivity contribution >= 4 is 23.0 Å². The van der Waals surface area contributed by atoms with Crippen LogP contribution >= 0.6 is 0 Å². The lowest BCUT2D eigenvalue weighted by molar-refractivity contribution is 0.0221. The molecule has 1 heterocycles. The molecule has 8 N–H and O–H groups in total. The quantitative estimate of drug-likeness (QED) is 0.331. The predicted octanol–water partition coefficient (Wildman–Crippen LogP) is 1.60. The van der Waals surface area contributed by atoms with Crippen LogP contribution in [0.2, 0.25) is 0 Å². The van der Waals surface area contributed by atoms with Gasteiger partial charge < -0.3 is 37.4 Å². The Hall–Kier alpha value is -3.10. The summed E-state index contributed by atoms with van der Waals surface area (Å²) in [5.41, 5.74) is 14.1. The van der Waals surface area contributed by atoms with Crippen molar-refractivity contribution in [2.45, 2.75) is 37.5 Å². The second-order valence-electron chi connectivity index (χ2n) is 7.74. The number of aliphatic imine (C=N–C) groups is 1. The van der Waals surface area contributed by atoms with Crippen LogP contribution < -0.4 is 22.1 Å². The number of aliphatic hydroxyl groups is 1. The van der Waals surface area contributed by atoms with Gasteiger partial charge in [-0.05, 0) is 44.0 Å². The molecule has 1 aromatic carbocycles. The van der Waals surface area contributed by atoms with Crippen molar-refractivity contribution in [1.82, 2.24) is 5.32 Å². The highest BCUT2D eigenvalue weighted by Gasteiger charge is 2.41. The van der Waals surface area contributed by atoms with E-state index in [2.05, 4.69) is 22.5 Å². The molecule has 1 aliphatic heterocycles. The molecule has 3 aliphatic rings. The number of nitrogen functional groups attached to an aromatic ring is 1. The van der Waals surface area contributed by atoms with Crippen LogP contribution in [-0.4, -0.2) is 41.1 Å². The van der Waals surface area contributed by atoms with Crippen LogP contribution in [0.15, 0.2) is 59.0 Å². The van der Waals surface area contributed by atoms with E-state index in [1.165, 1.54) is 0 Å². The van der Waals surface area contributed by atoms with Crippen molar-refractivity contribution in [1.29, 1.82) is 5.41 Å². The second kappa shape index (κ2) is 7.38. The summed E-state index contributed by atoms with van der Waals surface area (Å²) in [7, 11) is 0. The first-order chi connectivity index (χ1) is 13.9. The number of ether oxygens (including phenoxy) is 1. The van der Waals surface area contributed by atoms with Gasteiger partial charge in [0.25, 0.3) is 0 Å². The van der Waals surface area contributed by atoms with E-state index in [-0.39, 0.29) is 24.5 Å². The number of hydrogen-bond donors (Lipinski definition) is 6. The molecule has 0 aromatic heterocycles. The van der Waals surface area contributed by atoms with Crippen LogP contribution in [0.25, 0.3) is 0 Å². The minimum Gasteiger partial charge on any atom is -0.492 e. The van der Waals surface area contributed by atoms with Gasteiger partial charge in [0.15, 0.2) is 0 Å². The van der Waals surface area contributed by atoms with Gasteiger partial charge in [0.2, 0.25) is 5.96 Å². The van der Waals surface area contributed by atoms with Crippen molar-refractivity contribution < 1.29 is 9.84 Å². The van der Waals surface area contributed by atoms with E-state index < -0.39 is 5.54 Å². The standard InChI is InChI=1S/C21H26N6O2/c1-21-12(3-2-4-19(21)29-15-7-13(22)8-15)10-25-20(27-21)26-14-5-6-16(17(23)9-14)18(24)11-28/h2-6,9-10,13,15,24,28H,7-8,11,22-23H2,1H3,(H2,25,26,27)/t13-,15+,21?. The summed E-state index contributed by atoms with van der Waals surface area (Å²) in [5, 5.41) is 23.6. The van der Waals surface area contributed by atoms with Crippen molar-refractivity contribution in [3.05, 3.63) is 59.5 Å². The van der Waals surface area contributed by atoms with E-state index in [4.69, 9.17) is 26.7 Å². The number of guanidine groups is 1. The molecule has 8 nitrogen and oxygen atoms in total. The first-order valence-corrected chi connectivity index (χ1v) is 9.62. The fourth-order valence-corrected chi connectivity index (χ4v) is 3.66. The van der Waals surface area contributed by atoms with Crippen LogP contribution in [0.5, 0.6) is 0 Å². The molecular formula is C21H26N6O2. The first kappa shape index (κ1) is 19.2. The van der Waals surface area contributed by atoms with Crippen molar-refractivity contribution in [3.63, 3.8) is 0 Å². The molecular weight excluding hydrogens is 368 g/mol. The van der Waals surface area contributed by atoms with Gasteiger partial charge >= 0.3 is 0 Å². The summed E-state index contributed by atoms with van der Waals surface area (Å²) in [6.07, 6.45) is 9.65. The Morgan fingerprint density at radius 2 is 2.24 bits per heavy atom. The number of aliphatic hydroxyl groups excluding tert-OH is 1. The zero-order valence-corrected chi connectivity index (χ0v) is 16.3. The van der Waals surface area contributed by atoms with Crippen LogP contribution in [0.1, 0.15) is 25.3 Å². The molecule has 1 saturated carbocycles. The van der Waals surface area contributed by atoms with Gasteiger partial charge in [0, 0.05) is 34.8 Å². The normalized spacial score (nSPS) is 27.5. The zero-order chi connectivity index (χ0) is 20.6. The Bertz CT molecular complexity index is 958. The van der Waals surface area contributed by atoms with Gasteiger partial charge in [-0.25, -0.2) is 4.99 Å². The molecule has 1 fully saturated rings. The minimum absolute atomic E-state index is 0.0823. The van der Waals surface area contributed by atoms with E-state index in [9.17, 15) is 0 Å². The van der Waals surface area contributed by atoms with E-state index in [0.29, 0.717) is 17.2 Å². The van der Waals surface area contributed by atoms with Gasteiger partial charge in [-0.2, -0.15) is 0 Å². The van der Waals surface area contributed by atoms with Gasteiger partial charge in [0.05, 0.1) is 12.3 Å². The Labute approximate surface area is 169 Å². The third-order valence-corrected chi connectivity index (χ3v) is 5.52. The smallest absolute Gasteiger partial charge is 0.201 e. The van der Waals surface area contributed by atoms with E-state index in [1.54, 1.807) is 18.2 Å². The lowest BCUT2D eigenvalue weighted by Crippen LogP contribution is -2.55. The molecule has 1 unspecified atom stereocenters. The average Bonchev–Trinajstić information content (AvgIpc) is 2.66. The number of benzene rings is 1. The maximum atomic E-state index is 9.14. The molecule has 0 bridgehead atoms. The highest BCUT2D eigenvalue weighted by molar-refractivity contribution is 6.04. The molecule has 0 amide bonds. The molecule has 0 saturated heterocycles. The third kappa shape index (κ3) is 3.64. The largest absolute Gasteiger partial charge is 0.492 e. The minimum atomic E-state index is -0.539. The SMILES string of the molecule is CC12NC(Nc3ccc(C(=N)CO)c(N)c3)=NC=C1C=CC=C2O[C@H]1C[C@@H](N)C1. The molecule has 0 spiro atoms. The first-order valence-electron chi connectivity index (χ1n) is 9.62. The third-order valence-electron chi connectivity index (χ3n) is 5.52. The number of anilines is 2. The van der Waals surface area contributed by atoms with E-state index >= 15 is 0 Å². The number of nitrogens with two attached hydrogens (primary N) is 2. The molecule has 29 heavy (non-hydrogen) atoms. The van der Waals surface area contributed by atoms with Crippen LogP contribution in [0, 0.1) is 5.41 Å². The number of nitrogens with one attached hydrogen (secondary N) is 3. The average molecular weight is 394 g/mol. The number of rotatable bonds is 5. The Kier molecular flexibility index (Phi) is 4.89. The topological polar surface area (TPSA) is 142 Å². The number of allylic oxidation sites excluding steroid dienone is 2. The highest BCUT2D eigenvalue weighted by atomic mass is 16.5. The number of fused-ring (bicyclic) bond motifs is 1. The van der Waals surface area contributed by atoms with Crippen molar-refractivity contribution in [2.24, 2.45) is 10.7 Å². The van der Waals surface area contributed by atoms with Crippen LogP contribution in [0.3, 0.4) is 0 Å². The zero-order valence-electron chi connectivity index (χ0n) is 16.3. The predicted molar refractivity (Wildman–Crippen MR) is 115 cm³/mol. The maximum Gasteiger partial charge on any atom is 0.201 e. The Morgan fingerprint density at radius 1 is 1.45 bits per heavy atom. The molecule has 4 rings (SSSR count). The molecule has 8 heteroatoms. The molecule has 1 aromatic rings. The van der Waals surface area contributed by atoms with Crippen LogP contribution in [0.4, 0.5) is 11.4 Å². The molecule has 152 valence electrons. The Balaban J connectivity index is 1.51. The summed E-state index contributed by atoms with van der Waals surface area (Å²) in [6, 6.07) is 5.45. The summed E-state index contributed by atoms with van der Waals surface area (Å²) >= 11 is 0. The second-order valence-corrected chi connectivity index (χ2v) is 7.74. The number of hydrogen-bond acceptors (Lipinski definition) is 8. The monoisotopic (exact) mass is 394 g/mol. The molecule has 0 radical (unpaired) electrons. The van der Waals surface area contributed by atoms with Gasteiger partial charge in [-0.15, -0.1) is 0 Å². The fraction of sp³-hybridized carbons (Fsp3) is 0.333. The lowest BCUT2D eigenvalue weighted by Gasteiger charge is -2.42. The van der Waals surface area contributed by atoms with Gasteiger partial charge in [0.1, 0.15) is 17.4 Å². The highest BCUT2D eigenvalue weighted by Crippen LogP contribution is 2.36. The Morgan fingerprint density at radius 3 is 2.93 bits per heavy atom. The van der Waals surface area contributed by atoms with E-state index in [1.807, 2.05) is 24.4 Å². The number of nitrogens with zero attached hydrogens (tertiary/aromatic N) is 1. The summed E-state index contributed by atoms with van der Waals surface area (Å²) in [4.78, 5) is 4.47. The maximum absolute atomic E-state index is 9.14. The van der Waals surface area contributed by atoms with Gasteiger partial charge in [-0.3, -0.25) is 0 Å². The molecule has 2 aliphatic carbocycles. The van der Waals surface area contributed by atoms with Crippen molar-refractivity contribution in [3.8, 4) is 0 Å². The van der Waals surface area contributed by atoms with Gasteiger partial charge in [-0.1, -0.05) is 12.2 Å². The van der Waals surface area contributed by atoms with Crippen molar-refractivity contribution in [2.75, 3.05) is 17.7 Å². The van der Waals surface area contributed by atoms with E-state index in [0.717, 1.165) is 29.9 Å². The lowest BCUT2D eigenvalue weighted by atomic mass is 9.84.